The number of hydrogen-bond donors (Lipinski definition) is 2. The quantitative estimate of drug-likeness (QED) is 0.850. The summed E-state index contributed by atoms with van der Waals surface area (Å²) in [6, 6.07) is 7.59. The zero-order chi connectivity index (χ0) is 12.3. The molecule has 90 valence electrons. The SMILES string of the molecule is CCC(CN)C(=O)Nc1coc2ccccc12. The van der Waals surface area contributed by atoms with E-state index in [4.69, 9.17) is 10.2 Å². The fourth-order valence-electron chi connectivity index (χ4n) is 1.77. The molecule has 4 nitrogen and oxygen atoms in total. The number of furan rings is 1. The average Bonchev–Trinajstić information content (AvgIpc) is 2.74. The number of nitrogens with two attached hydrogens (primary N) is 1. The van der Waals surface area contributed by atoms with Gasteiger partial charge in [-0.05, 0) is 18.6 Å². The first-order valence-electron chi connectivity index (χ1n) is 5.73. The fraction of sp³-hybridized carbons (Fsp3) is 0.308. The zero-order valence-corrected chi connectivity index (χ0v) is 9.77. The second kappa shape index (κ2) is 5.01. The van der Waals surface area contributed by atoms with Gasteiger partial charge < -0.3 is 15.5 Å². The Morgan fingerprint density at radius 3 is 2.94 bits per heavy atom. The lowest BCUT2D eigenvalue weighted by molar-refractivity contribution is -0.119. The van der Waals surface area contributed by atoms with E-state index in [1.807, 2.05) is 31.2 Å². The molecule has 0 radical (unpaired) electrons. The molecule has 0 fully saturated rings. The van der Waals surface area contributed by atoms with E-state index in [0.717, 1.165) is 17.4 Å². The number of carbonyl (C=O) groups is 1. The van der Waals surface area contributed by atoms with E-state index < -0.39 is 0 Å². The summed E-state index contributed by atoms with van der Waals surface area (Å²) in [4.78, 5) is 11.9. The summed E-state index contributed by atoms with van der Waals surface area (Å²) in [7, 11) is 0. The van der Waals surface area contributed by atoms with E-state index in [1.165, 1.54) is 0 Å². The van der Waals surface area contributed by atoms with Gasteiger partial charge in [-0.3, -0.25) is 4.79 Å². The molecular weight excluding hydrogens is 216 g/mol. The number of carbonyl (C=O) groups excluding carboxylic acids is 1. The summed E-state index contributed by atoms with van der Waals surface area (Å²) in [5.41, 5.74) is 7.01. The second-order valence-corrected chi connectivity index (χ2v) is 3.98. The van der Waals surface area contributed by atoms with Crippen molar-refractivity contribution < 1.29 is 9.21 Å². The van der Waals surface area contributed by atoms with Crippen LogP contribution in [0.25, 0.3) is 11.0 Å². The molecule has 1 heterocycles. The fourth-order valence-corrected chi connectivity index (χ4v) is 1.77. The summed E-state index contributed by atoms with van der Waals surface area (Å²) in [6.45, 7) is 2.31. The van der Waals surface area contributed by atoms with Gasteiger partial charge >= 0.3 is 0 Å². The molecule has 0 spiro atoms. The van der Waals surface area contributed by atoms with E-state index in [1.54, 1.807) is 6.26 Å². The van der Waals surface area contributed by atoms with Crippen LogP contribution in [0.4, 0.5) is 5.69 Å². The Kier molecular flexibility index (Phi) is 3.44. The zero-order valence-electron chi connectivity index (χ0n) is 9.77. The summed E-state index contributed by atoms with van der Waals surface area (Å²) in [5, 5.41) is 3.76. The van der Waals surface area contributed by atoms with E-state index in [-0.39, 0.29) is 11.8 Å². The number of benzene rings is 1. The van der Waals surface area contributed by atoms with E-state index >= 15 is 0 Å². The van der Waals surface area contributed by atoms with Crippen molar-refractivity contribution in [3.05, 3.63) is 30.5 Å². The summed E-state index contributed by atoms with van der Waals surface area (Å²) in [5.74, 6) is -0.204. The average molecular weight is 232 g/mol. The largest absolute Gasteiger partial charge is 0.462 e. The molecule has 0 bridgehead atoms. The highest BCUT2D eigenvalue weighted by Gasteiger charge is 2.16. The predicted octanol–water partition coefficient (Wildman–Crippen LogP) is 2.36. The van der Waals surface area contributed by atoms with Crippen LogP contribution in [0.3, 0.4) is 0 Å². The third-order valence-electron chi connectivity index (χ3n) is 2.89. The molecule has 0 aliphatic carbocycles. The van der Waals surface area contributed by atoms with Gasteiger partial charge in [-0.1, -0.05) is 19.1 Å². The van der Waals surface area contributed by atoms with Crippen molar-refractivity contribution in [3.8, 4) is 0 Å². The Bertz CT molecular complexity index is 515. The van der Waals surface area contributed by atoms with Gasteiger partial charge in [-0.25, -0.2) is 0 Å². The maximum atomic E-state index is 11.9. The highest BCUT2D eigenvalue weighted by Crippen LogP contribution is 2.25. The first-order chi connectivity index (χ1) is 8.26. The van der Waals surface area contributed by atoms with Crippen molar-refractivity contribution in [3.63, 3.8) is 0 Å². The molecular formula is C13H16N2O2. The standard InChI is InChI=1S/C13H16N2O2/c1-2-9(7-14)13(16)15-11-8-17-12-6-4-3-5-10(11)12/h3-6,8-9H,2,7,14H2,1H3,(H,15,16). The summed E-state index contributed by atoms with van der Waals surface area (Å²) >= 11 is 0. The highest BCUT2D eigenvalue weighted by molar-refractivity contribution is 6.01. The summed E-state index contributed by atoms with van der Waals surface area (Å²) in [6.07, 6.45) is 2.30. The van der Waals surface area contributed by atoms with Gasteiger partial charge in [0.15, 0.2) is 0 Å². The number of para-hydroxylation sites is 1. The first kappa shape index (κ1) is 11.7. The Balaban J connectivity index is 2.21. The van der Waals surface area contributed by atoms with Gasteiger partial charge in [0.05, 0.1) is 11.6 Å². The Morgan fingerprint density at radius 1 is 1.47 bits per heavy atom. The number of nitrogens with one attached hydrogen (secondary N) is 1. The Labute approximate surface area is 99.8 Å². The molecule has 1 aromatic carbocycles. The smallest absolute Gasteiger partial charge is 0.228 e. The predicted molar refractivity (Wildman–Crippen MR) is 67.7 cm³/mol. The van der Waals surface area contributed by atoms with Gasteiger partial charge in [-0.2, -0.15) is 0 Å². The lowest BCUT2D eigenvalue weighted by atomic mass is 10.1. The third-order valence-corrected chi connectivity index (χ3v) is 2.89. The van der Waals surface area contributed by atoms with Crippen LogP contribution in [-0.2, 0) is 4.79 Å². The van der Waals surface area contributed by atoms with Gasteiger partial charge in [0.25, 0.3) is 0 Å². The van der Waals surface area contributed by atoms with Crippen LogP contribution < -0.4 is 11.1 Å². The van der Waals surface area contributed by atoms with Crippen molar-refractivity contribution in [2.24, 2.45) is 11.7 Å². The number of amides is 1. The normalized spacial score (nSPS) is 12.6. The topological polar surface area (TPSA) is 68.3 Å². The van der Waals surface area contributed by atoms with Crippen molar-refractivity contribution in [2.45, 2.75) is 13.3 Å². The molecule has 0 aliphatic heterocycles. The molecule has 3 N–H and O–H groups in total. The van der Waals surface area contributed by atoms with Crippen LogP contribution >= 0.6 is 0 Å². The second-order valence-electron chi connectivity index (χ2n) is 3.98. The number of rotatable bonds is 4. The molecule has 17 heavy (non-hydrogen) atoms. The minimum atomic E-state index is -0.149. The molecule has 0 saturated carbocycles. The maximum Gasteiger partial charge on any atom is 0.228 e. The van der Waals surface area contributed by atoms with Gasteiger partial charge in [-0.15, -0.1) is 0 Å². The molecule has 2 rings (SSSR count). The monoisotopic (exact) mass is 232 g/mol. The van der Waals surface area contributed by atoms with Crippen LogP contribution in [0.2, 0.25) is 0 Å². The molecule has 2 aromatic rings. The molecule has 1 unspecified atom stereocenters. The Hall–Kier alpha value is -1.81. The minimum absolute atomic E-state index is 0.0541. The van der Waals surface area contributed by atoms with Crippen LogP contribution in [0.5, 0.6) is 0 Å². The lowest BCUT2D eigenvalue weighted by Gasteiger charge is -2.11. The van der Waals surface area contributed by atoms with E-state index in [2.05, 4.69) is 5.32 Å². The molecule has 1 atom stereocenters. The van der Waals surface area contributed by atoms with Gasteiger partial charge in [0.2, 0.25) is 5.91 Å². The molecule has 4 heteroatoms. The maximum absolute atomic E-state index is 11.9. The third kappa shape index (κ3) is 2.31. The number of anilines is 1. The molecule has 0 saturated heterocycles. The van der Waals surface area contributed by atoms with Gasteiger partial charge in [0.1, 0.15) is 11.8 Å². The van der Waals surface area contributed by atoms with Crippen molar-refractivity contribution >= 4 is 22.6 Å². The summed E-state index contributed by atoms with van der Waals surface area (Å²) < 4.78 is 5.35. The van der Waals surface area contributed by atoms with Crippen molar-refractivity contribution in [1.82, 2.24) is 0 Å². The first-order valence-corrected chi connectivity index (χ1v) is 5.73. The van der Waals surface area contributed by atoms with Crippen LogP contribution in [-0.4, -0.2) is 12.5 Å². The Morgan fingerprint density at radius 2 is 2.24 bits per heavy atom. The van der Waals surface area contributed by atoms with E-state index in [9.17, 15) is 4.79 Å². The molecule has 1 aromatic heterocycles. The minimum Gasteiger partial charge on any atom is -0.462 e. The van der Waals surface area contributed by atoms with Crippen molar-refractivity contribution in [2.75, 3.05) is 11.9 Å². The van der Waals surface area contributed by atoms with Crippen LogP contribution in [0.15, 0.2) is 34.9 Å². The van der Waals surface area contributed by atoms with Crippen molar-refractivity contribution in [1.29, 1.82) is 0 Å². The molecule has 1 amide bonds. The van der Waals surface area contributed by atoms with Crippen LogP contribution in [0, 0.1) is 5.92 Å². The molecule has 0 aliphatic rings. The van der Waals surface area contributed by atoms with E-state index in [0.29, 0.717) is 12.2 Å². The number of fused-ring (bicyclic) bond motifs is 1. The lowest BCUT2D eigenvalue weighted by Crippen LogP contribution is -2.28. The van der Waals surface area contributed by atoms with Gasteiger partial charge in [0, 0.05) is 11.9 Å². The highest BCUT2D eigenvalue weighted by atomic mass is 16.3. The van der Waals surface area contributed by atoms with Crippen LogP contribution in [0.1, 0.15) is 13.3 Å². The number of hydrogen-bond acceptors (Lipinski definition) is 3.